The standard InChI is InChI=1S/C32H39N5O3/c1-3-40-32(39)28-19-35-37(31(28)27-18-26(27)29(33)20-36(2)34)25-14-8-12-23(17-25)22-11-7-13-24(16-22)30(38)15-21-9-5-4-6-10-21/h7-8,11-14,16-17,19-21,26-27H,3-6,9-10,15,18,33-34H2,1-2H3/b29-20-. The second kappa shape index (κ2) is 12.1. The number of esters is 1. The summed E-state index contributed by atoms with van der Waals surface area (Å²) in [6.45, 7) is 2.07. The predicted octanol–water partition coefficient (Wildman–Crippen LogP) is 5.58. The van der Waals surface area contributed by atoms with Gasteiger partial charge in [-0.05, 0) is 48.6 Å². The van der Waals surface area contributed by atoms with Crippen LogP contribution < -0.4 is 11.6 Å². The second-order valence-electron chi connectivity index (χ2n) is 11.1. The van der Waals surface area contributed by atoms with Crippen LogP contribution >= 0.6 is 0 Å². The molecule has 1 aromatic heterocycles. The van der Waals surface area contributed by atoms with E-state index >= 15 is 0 Å². The third kappa shape index (κ3) is 6.12. The van der Waals surface area contributed by atoms with Gasteiger partial charge in [-0.3, -0.25) is 4.79 Å². The van der Waals surface area contributed by atoms with Crippen LogP contribution in [0.5, 0.6) is 0 Å². The van der Waals surface area contributed by atoms with Crippen LogP contribution in [0.2, 0.25) is 0 Å². The molecule has 210 valence electrons. The summed E-state index contributed by atoms with van der Waals surface area (Å²) in [7, 11) is 1.72. The molecule has 3 aromatic rings. The van der Waals surface area contributed by atoms with Crippen LogP contribution in [0.3, 0.4) is 0 Å². The van der Waals surface area contributed by atoms with Crippen LogP contribution in [-0.4, -0.2) is 40.2 Å². The van der Waals surface area contributed by atoms with Crippen LogP contribution in [0.4, 0.5) is 0 Å². The Bertz CT molecular complexity index is 1400. The van der Waals surface area contributed by atoms with Gasteiger partial charge in [-0.25, -0.2) is 15.3 Å². The van der Waals surface area contributed by atoms with Crippen molar-refractivity contribution in [2.75, 3.05) is 13.7 Å². The largest absolute Gasteiger partial charge is 0.462 e. The van der Waals surface area contributed by atoms with Gasteiger partial charge in [-0.2, -0.15) is 5.10 Å². The maximum absolute atomic E-state index is 13.1. The van der Waals surface area contributed by atoms with Gasteiger partial charge in [0.2, 0.25) is 0 Å². The van der Waals surface area contributed by atoms with Crippen molar-refractivity contribution in [1.82, 2.24) is 14.8 Å². The van der Waals surface area contributed by atoms with Gasteiger partial charge >= 0.3 is 5.97 Å². The van der Waals surface area contributed by atoms with Gasteiger partial charge in [0.1, 0.15) is 5.56 Å². The van der Waals surface area contributed by atoms with Gasteiger partial charge < -0.3 is 15.5 Å². The molecule has 2 aliphatic carbocycles. The van der Waals surface area contributed by atoms with E-state index in [2.05, 4.69) is 5.10 Å². The predicted molar refractivity (Wildman–Crippen MR) is 156 cm³/mol. The van der Waals surface area contributed by atoms with Crippen LogP contribution in [-0.2, 0) is 4.74 Å². The van der Waals surface area contributed by atoms with Crippen LogP contribution in [0.1, 0.15) is 84.2 Å². The van der Waals surface area contributed by atoms with Crippen molar-refractivity contribution >= 4 is 11.8 Å². The van der Waals surface area contributed by atoms with Crippen molar-refractivity contribution in [3.05, 3.63) is 83.4 Å². The first kappa shape index (κ1) is 27.6. The Morgan fingerprint density at radius 1 is 1.10 bits per heavy atom. The summed E-state index contributed by atoms with van der Waals surface area (Å²) in [6.07, 6.45) is 10.7. The molecule has 5 rings (SSSR count). The lowest BCUT2D eigenvalue weighted by molar-refractivity contribution is 0.0524. The van der Waals surface area contributed by atoms with E-state index in [9.17, 15) is 9.59 Å². The Balaban J connectivity index is 1.44. The molecule has 2 unspecified atom stereocenters. The van der Waals surface area contributed by atoms with E-state index in [0.29, 0.717) is 23.6 Å². The van der Waals surface area contributed by atoms with E-state index in [1.165, 1.54) is 24.3 Å². The lowest BCUT2D eigenvalue weighted by atomic mass is 9.84. The molecular weight excluding hydrogens is 502 g/mol. The molecule has 0 saturated heterocycles. The van der Waals surface area contributed by atoms with E-state index in [-0.39, 0.29) is 24.2 Å². The zero-order valence-corrected chi connectivity index (χ0v) is 23.4. The first-order valence-electron chi connectivity index (χ1n) is 14.3. The Kier molecular flexibility index (Phi) is 8.35. The Labute approximate surface area is 236 Å². The van der Waals surface area contributed by atoms with Crippen LogP contribution in [0.15, 0.2) is 66.6 Å². The summed E-state index contributed by atoms with van der Waals surface area (Å²) < 4.78 is 7.16. The number of benzene rings is 2. The smallest absolute Gasteiger partial charge is 0.341 e. The minimum atomic E-state index is -0.395. The number of carbonyl (C=O) groups excluding carboxylic acids is 2. The number of ether oxygens (including phenoxy) is 1. The number of nitrogens with two attached hydrogens (primary N) is 2. The van der Waals surface area contributed by atoms with Gasteiger partial charge in [0.25, 0.3) is 0 Å². The second-order valence-corrected chi connectivity index (χ2v) is 11.1. The third-order valence-corrected chi connectivity index (χ3v) is 8.03. The highest BCUT2D eigenvalue weighted by Crippen LogP contribution is 2.52. The first-order chi connectivity index (χ1) is 19.4. The Hall–Kier alpha value is -3.91. The number of nitrogens with zero attached hydrogens (tertiary/aromatic N) is 3. The Morgan fingerprint density at radius 2 is 1.82 bits per heavy atom. The summed E-state index contributed by atoms with van der Waals surface area (Å²) in [4.78, 5) is 25.9. The van der Waals surface area contributed by atoms with Gasteiger partial charge in [0.05, 0.1) is 24.2 Å². The van der Waals surface area contributed by atoms with E-state index in [4.69, 9.17) is 16.3 Å². The van der Waals surface area contributed by atoms with Crippen molar-refractivity contribution in [2.45, 2.75) is 57.8 Å². The van der Waals surface area contributed by atoms with E-state index < -0.39 is 5.97 Å². The highest BCUT2D eigenvalue weighted by atomic mass is 16.5. The van der Waals surface area contributed by atoms with E-state index in [0.717, 1.165) is 47.3 Å². The highest BCUT2D eigenvalue weighted by Gasteiger charge is 2.45. The van der Waals surface area contributed by atoms with Crippen molar-refractivity contribution in [3.63, 3.8) is 0 Å². The number of hydrazine groups is 1. The number of Topliss-reactive ketones (excluding diaryl/α,β-unsaturated/α-hetero) is 1. The SMILES string of the molecule is CCOC(=O)c1cnn(-c2cccc(-c3cccc(C(=O)CC4CCCCC4)c3)c2)c1C1CC1/C(N)=C/N(C)N. The van der Waals surface area contributed by atoms with Gasteiger partial charge in [0, 0.05) is 42.8 Å². The van der Waals surface area contributed by atoms with E-state index in [1.54, 1.807) is 26.4 Å². The molecular formula is C32H39N5O3. The van der Waals surface area contributed by atoms with Gasteiger partial charge in [0.15, 0.2) is 5.78 Å². The maximum atomic E-state index is 13.1. The molecule has 2 aliphatic rings. The number of aromatic nitrogens is 2. The summed E-state index contributed by atoms with van der Waals surface area (Å²) in [5.74, 6) is 6.17. The minimum absolute atomic E-state index is 0.0162. The van der Waals surface area contributed by atoms with E-state index in [1.807, 2.05) is 53.2 Å². The normalized spacial score (nSPS) is 19.3. The molecule has 4 N–H and O–H groups in total. The molecule has 2 atom stereocenters. The number of ketones is 1. The van der Waals surface area contributed by atoms with Crippen LogP contribution in [0.25, 0.3) is 16.8 Å². The Morgan fingerprint density at radius 3 is 2.55 bits per heavy atom. The summed E-state index contributed by atoms with van der Waals surface area (Å²) in [6, 6.07) is 15.9. The molecule has 1 heterocycles. The maximum Gasteiger partial charge on any atom is 0.341 e. The zero-order chi connectivity index (χ0) is 28.2. The fraction of sp³-hybridized carbons (Fsp3) is 0.406. The first-order valence-corrected chi connectivity index (χ1v) is 14.3. The molecule has 0 bridgehead atoms. The van der Waals surface area contributed by atoms with Crippen molar-refractivity contribution < 1.29 is 14.3 Å². The quantitative estimate of drug-likeness (QED) is 0.149. The zero-order valence-electron chi connectivity index (χ0n) is 23.4. The number of hydrogen-bond acceptors (Lipinski definition) is 7. The lowest BCUT2D eigenvalue weighted by Gasteiger charge is -2.20. The van der Waals surface area contributed by atoms with Crippen molar-refractivity contribution in [3.8, 4) is 16.8 Å². The number of hydrogen-bond donors (Lipinski definition) is 2. The number of allylic oxidation sites excluding steroid dienone is 1. The molecule has 8 heteroatoms. The monoisotopic (exact) mass is 541 g/mol. The fourth-order valence-corrected chi connectivity index (χ4v) is 5.94. The van der Waals surface area contributed by atoms with Gasteiger partial charge in [-0.15, -0.1) is 0 Å². The average molecular weight is 542 g/mol. The average Bonchev–Trinajstić information content (AvgIpc) is 3.63. The molecule has 0 spiro atoms. The number of carbonyl (C=O) groups is 2. The summed E-state index contributed by atoms with van der Waals surface area (Å²) in [5, 5.41) is 6.05. The molecule has 0 radical (unpaired) electrons. The van der Waals surface area contributed by atoms with Crippen molar-refractivity contribution in [2.24, 2.45) is 23.4 Å². The third-order valence-electron chi connectivity index (χ3n) is 8.03. The molecule has 2 fully saturated rings. The summed E-state index contributed by atoms with van der Waals surface area (Å²) in [5.41, 5.74) is 11.7. The molecule has 2 aromatic carbocycles. The highest BCUT2D eigenvalue weighted by molar-refractivity contribution is 5.97. The van der Waals surface area contributed by atoms with Crippen molar-refractivity contribution in [1.29, 1.82) is 0 Å². The minimum Gasteiger partial charge on any atom is -0.462 e. The lowest BCUT2D eigenvalue weighted by Crippen LogP contribution is -2.21. The van der Waals surface area contributed by atoms with Crippen LogP contribution in [0, 0.1) is 11.8 Å². The topological polar surface area (TPSA) is 116 Å². The fourth-order valence-electron chi connectivity index (χ4n) is 5.94. The molecule has 2 saturated carbocycles. The summed E-state index contributed by atoms with van der Waals surface area (Å²) >= 11 is 0. The molecule has 8 nitrogen and oxygen atoms in total. The molecule has 40 heavy (non-hydrogen) atoms. The van der Waals surface area contributed by atoms with Gasteiger partial charge in [-0.1, -0.05) is 62.4 Å². The molecule has 0 aliphatic heterocycles. The molecule has 0 amide bonds. The number of rotatable bonds is 10.